The van der Waals surface area contributed by atoms with E-state index in [0.717, 1.165) is 11.9 Å². The fraction of sp³-hybridized carbons (Fsp3) is 0.133. The molecule has 4 rings (SSSR count). The number of rotatable bonds is 1. The standard InChI is InChI=1S/C15H13N3/c1-3-7-12-10(5-1)9-14(16-12)15-11-6-2-4-8-13(11)17-18-15/h1-8,14,16H,9H2,(H,17,18). The number of benzene rings is 2. The molecule has 1 aliphatic heterocycles. The predicted molar refractivity (Wildman–Crippen MR) is 72.6 cm³/mol. The second-order valence-electron chi connectivity index (χ2n) is 4.71. The van der Waals surface area contributed by atoms with Crippen molar-refractivity contribution in [2.45, 2.75) is 12.5 Å². The lowest BCUT2D eigenvalue weighted by Gasteiger charge is -2.09. The number of H-pyrrole nitrogens is 1. The van der Waals surface area contributed by atoms with Gasteiger partial charge in [-0.1, -0.05) is 36.4 Å². The summed E-state index contributed by atoms with van der Waals surface area (Å²) in [6, 6.07) is 17.0. The lowest BCUT2D eigenvalue weighted by molar-refractivity contribution is 0.786. The highest BCUT2D eigenvalue weighted by molar-refractivity contribution is 5.82. The van der Waals surface area contributed by atoms with Gasteiger partial charge in [-0.3, -0.25) is 5.10 Å². The van der Waals surface area contributed by atoms with Gasteiger partial charge in [0.1, 0.15) is 0 Å². The first-order valence-electron chi connectivity index (χ1n) is 6.19. The van der Waals surface area contributed by atoms with Gasteiger partial charge < -0.3 is 5.32 Å². The van der Waals surface area contributed by atoms with E-state index in [1.54, 1.807) is 0 Å². The van der Waals surface area contributed by atoms with Gasteiger partial charge in [0.15, 0.2) is 0 Å². The summed E-state index contributed by atoms with van der Waals surface area (Å²) in [7, 11) is 0. The molecule has 2 aromatic carbocycles. The molecule has 3 nitrogen and oxygen atoms in total. The molecule has 0 radical (unpaired) electrons. The fourth-order valence-electron chi connectivity index (χ4n) is 2.72. The van der Waals surface area contributed by atoms with E-state index in [0.29, 0.717) is 6.04 Å². The summed E-state index contributed by atoms with van der Waals surface area (Å²) >= 11 is 0. The van der Waals surface area contributed by atoms with Gasteiger partial charge in [-0.05, 0) is 17.7 Å². The lowest BCUT2D eigenvalue weighted by Crippen LogP contribution is -2.06. The molecule has 1 unspecified atom stereocenters. The van der Waals surface area contributed by atoms with Gasteiger partial charge in [-0.2, -0.15) is 5.10 Å². The van der Waals surface area contributed by atoms with Crippen molar-refractivity contribution in [2.24, 2.45) is 0 Å². The molecular weight excluding hydrogens is 222 g/mol. The van der Waals surface area contributed by atoms with Crippen LogP contribution in [0.25, 0.3) is 10.9 Å². The number of fused-ring (bicyclic) bond motifs is 2. The van der Waals surface area contributed by atoms with Crippen molar-refractivity contribution in [3.8, 4) is 0 Å². The van der Waals surface area contributed by atoms with E-state index in [-0.39, 0.29) is 0 Å². The molecule has 1 atom stereocenters. The van der Waals surface area contributed by atoms with Crippen LogP contribution in [-0.2, 0) is 6.42 Å². The molecule has 3 aromatic rings. The topological polar surface area (TPSA) is 40.7 Å². The van der Waals surface area contributed by atoms with Crippen LogP contribution in [-0.4, -0.2) is 10.2 Å². The van der Waals surface area contributed by atoms with Gasteiger partial charge in [0.2, 0.25) is 0 Å². The highest BCUT2D eigenvalue weighted by Gasteiger charge is 2.24. The van der Waals surface area contributed by atoms with Crippen LogP contribution in [0.1, 0.15) is 17.3 Å². The van der Waals surface area contributed by atoms with E-state index in [2.05, 4.69) is 51.9 Å². The summed E-state index contributed by atoms with van der Waals surface area (Å²) in [5.74, 6) is 0. The van der Waals surface area contributed by atoms with Gasteiger partial charge in [0, 0.05) is 17.5 Å². The van der Waals surface area contributed by atoms with Gasteiger partial charge in [-0.25, -0.2) is 0 Å². The molecule has 0 aliphatic carbocycles. The molecule has 88 valence electrons. The number of hydrogen-bond acceptors (Lipinski definition) is 2. The number of para-hydroxylation sites is 2. The first-order valence-corrected chi connectivity index (χ1v) is 6.19. The highest BCUT2D eigenvalue weighted by atomic mass is 15.1. The molecule has 0 spiro atoms. The molecule has 0 bridgehead atoms. The molecule has 0 saturated carbocycles. The van der Waals surface area contributed by atoms with Crippen LogP contribution in [0.5, 0.6) is 0 Å². The van der Waals surface area contributed by atoms with E-state index in [1.165, 1.54) is 22.3 Å². The predicted octanol–water partition coefficient (Wildman–Crippen LogP) is 3.27. The number of nitrogens with zero attached hydrogens (tertiary/aromatic N) is 1. The smallest absolute Gasteiger partial charge is 0.0924 e. The van der Waals surface area contributed by atoms with Crippen LogP contribution in [0.4, 0.5) is 5.69 Å². The van der Waals surface area contributed by atoms with E-state index in [1.807, 2.05) is 12.1 Å². The van der Waals surface area contributed by atoms with E-state index in [4.69, 9.17) is 0 Å². The summed E-state index contributed by atoms with van der Waals surface area (Å²) in [5, 5.41) is 12.3. The first kappa shape index (κ1) is 9.71. The number of nitrogens with one attached hydrogen (secondary N) is 2. The number of aromatic amines is 1. The zero-order chi connectivity index (χ0) is 11.9. The number of aromatic nitrogens is 2. The monoisotopic (exact) mass is 235 g/mol. The maximum absolute atomic E-state index is 4.36. The molecule has 0 amide bonds. The number of anilines is 1. The Hall–Kier alpha value is -2.29. The van der Waals surface area contributed by atoms with Crippen molar-refractivity contribution in [3.05, 3.63) is 59.8 Å². The third-order valence-electron chi connectivity index (χ3n) is 3.61. The molecule has 2 heterocycles. The number of hydrogen-bond donors (Lipinski definition) is 2. The Kier molecular flexibility index (Phi) is 1.94. The molecule has 3 heteroatoms. The highest BCUT2D eigenvalue weighted by Crippen LogP contribution is 2.35. The fourth-order valence-corrected chi connectivity index (χ4v) is 2.72. The Morgan fingerprint density at radius 3 is 2.78 bits per heavy atom. The van der Waals surface area contributed by atoms with Gasteiger partial charge >= 0.3 is 0 Å². The van der Waals surface area contributed by atoms with Crippen LogP contribution in [0.2, 0.25) is 0 Å². The van der Waals surface area contributed by atoms with E-state index >= 15 is 0 Å². The second-order valence-corrected chi connectivity index (χ2v) is 4.71. The minimum atomic E-state index is 0.301. The summed E-state index contributed by atoms with van der Waals surface area (Å²) < 4.78 is 0. The van der Waals surface area contributed by atoms with Crippen molar-refractivity contribution in [2.75, 3.05) is 5.32 Å². The molecule has 1 aromatic heterocycles. The summed E-state index contributed by atoms with van der Waals surface area (Å²) in [6.45, 7) is 0. The van der Waals surface area contributed by atoms with Gasteiger partial charge in [0.05, 0.1) is 17.3 Å². The summed E-state index contributed by atoms with van der Waals surface area (Å²) in [4.78, 5) is 0. The minimum Gasteiger partial charge on any atom is -0.376 e. The Morgan fingerprint density at radius 1 is 1.00 bits per heavy atom. The Balaban J connectivity index is 1.78. The maximum atomic E-state index is 4.36. The van der Waals surface area contributed by atoms with Crippen LogP contribution < -0.4 is 5.32 Å². The largest absolute Gasteiger partial charge is 0.376 e. The average Bonchev–Trinajstić information content (AvgIpc) is 3.02. The van der Waals surface area contributed by atoms with Crippen LogP contribution in [0.3, 0.4) is 0 Å². The third-order valence-corrected chi connectivity index (χ3v) is 3.61. The molecule has 0 fully saturated rings. The van der Waals surface area contributed by atoms with Gasteiger partial charge in [-0.15, -0.1) is 0 Å². The van der Waals surface area contributed by atoms with Crippen molar-refractivity contribution in [3.63, 3.8) is 0 Å². The molecule has 2 N–H and O–H groups in total. The van der Waals surface area contributed by atoms with Crippen molar-refractivity contribution < 1.29 is 0 Å². The van der Waals surface area contributed by atoms with Crippen LogP contribution in [0.15, 0.2) is 48.5 Å². The Bertz CT molecular complexity index is 689. The summed E-state index contributed by atoms with van der Waals surface area (Å²) in [5.41, 5.74) is 4.83. The van der Waals surface area contributed by atoms with Crippen molar-refractivity contribution in [1.29, 1.82) is 0 Å². The molecule has 1 aliphatic rings. The van der Waals surface area contributed by atoms with Crippen LogP contribution >= 0.6 is 0 Å². The molecular formula is C15H13N3. The summed E-state index contributed by atoms with van der Waals surface area (Å²) in [6.07, 6.45) is 1.02. The quantitative estimate of drug-likeness (QED) is 0.679. The second kappa shape index (κ2) is 3.60. The lowest BCUT2D eigenvalue weighted by atomic mass is 10.1. The van der Waals surface area contributed by atoms with Crippen LogP contribution in [0, 0.1) is 0 Å². The minimum absolute atomic E-state index is 0.301. The van der Waals surface area contributed by atoms with Crippen molar-refractivity contribution in [1.82, 2.24) is 10.2 Å². The molecule has 0 saturated heterocycles. The average molecular weight is 235 g/mol. The zero-order valence-corrected chi connectivity index (χ0v) is 9.85. The Labute approximate surface area is 105 Å². The van der Waals surface area contributed by atoms with Crippen molar-refractivity contribution >= 4 is 16.6 Å². The normalized spacial score (nSPS) is 17.7. The van der Waals surface area contributed by atoms with E-state index < -0.39 is 0 Å². The maximum Gasteiger partial charge on any atom is 0.0924 e. The van der Waals surface area contributed by atoms with Gasteiger partial charge in [0.25, 0.3) is 0 Å². The molecule has 18 heavy (non-hydrogen) atoms. The Morgan fingerprint density at radius 2 is 1.83 bits per heavy atom. The third kappa shape index (κ3) is 1.34. The SMILES string of the molecule is c1ccc2c(c1)CC(c1[nH]nc3ccccc13)N2. The first-order chi connectivity index (χ1) is 8.92. The zero-order valence-electron chi connectivity index (χ0n) is 9.85. The van der Waals surface area contributed by atoms with E-state index in [9.17, 15) is 0 Å².